The number of aryl methyl sites for hydroxylation is 1. The lowest BCUT2D eigenvalue weighted by Crippen LogP contribution is -2.48. The number of nitrogens with zero attached hydrogens (tertiary/aromatic N) is 1. The average molecular weight is 327 g/mol. The molecule has 1 N–H and O–H groups in total. The maximum atomic E-state index is 12.0. The van der Waals surface area contributed by atoms with Crippen molar-refractivity contribution in [2.24, 2.45) is 0 Å². The average Bonchev–Trinajstić information content (AvgIpc) is 2.50. The standard InChI is InChI=1S/C9H15BrN2O2S2/c1-6(10)9(3,4)12-16(13,14)8-5-11-7(2)15-8/h5-6,12H,1-4H3. The van der Waals surface area contributed by atoms with E-state index in [0.29, 0.717) is 0 Å². The topological polar surface area (TPSA) is 59.1 Å². The van der Waals surface area contributed by atoms with E-state index in [2.05, 4.69) is 25.6 Å². The number of aromatic nitrogens is 1. The molecule has 0 saturated heterocycles. The van der Waals surface area contributed by atoms with E-state index < -0.39 is 15.6 Å². The molecule has 1 aromatic rings. The number of hydrogen-bond acceptors (Lipinski definition) is 4. The van der Waals surface area contributed by atoms with E-state index in [-0.39, 0.29) is 9.04 Å². The molecule has 1 atom stereocenters. The first-order valence-corrected chi connectivity index (χ1v) is 7.97. The molecule has 1 aromatic heterocycles. The van der Waals surface area contributed by atoms with Gasteiger partial charge in [0.15, 0.2) is 4.21 Å². The van der Waals surface area contributed by atoms with Crippen LogP contribution in [-0.2, 0) is 10.0 Å². The van der Waals surface area contributed by atoms with Gasteiger partial charge in [0.2, 0.25) is 0 Å². The molecule has 1 rings (SSSR count). The number of hydrogen-bond donors (Lipinski definition) is 1. The zero-order valence-electron chi connectivity index (χ0n) is 9.61. The van der Waals surface area contributed by atoms with Crippen molar-refractivity contribution in [1.29, 1.82) is 0 Å². The highest BCUT2D eigenvalue weighted by atomic mass is 79.9. The molecule has 92 valence electrons. The Morgan fingerprint density at radius 1 is 1.56 bits per heavy atom. The van der Waals surface area contributed by atoms with E-state index in [9.17, 15) is 8.42 Å². The smallest absolute Gasteiger partial charge is 0.249 e. The van der Waals surface area contributed by atoms with Gasteiger partial charge in [-0.1, -0.05) is 22.9 Å². The Bertz CT molecular complexity index is 466. The van der Waals surface area contributed by atoms with E-state index in [1.165, 1.54) is 17.5 Å². The van der Waals surface area contributed by atoms with Crippen molar-refractivity contribution in [3.63, 3.8) is 0 Å². The second-order valence-electron chi connectivity index (χ2n) is 4.14. The highest BCUT2D eigenvalue weighted by molar-refractivity contribution is 9.09. The fourth-order valence-corrected chi connectivity index (χ4v) is 3.80. The largest absolute Gasteiger partial charge is 0.252 e. The van der Waals surface area contributed by atoms with E-state index in [1.54, 1.807) is 6.92 Å². The van der Waals surface area contributed by atoms with Gasteiger partial charge in [-0.15, -0.1) is 11.3 Å². The lowest BCUT2D eigenvalue weighted by molar-refractivity contribution is 0.454. The van der Waals surface area contributed by atoms with Crippen molar-refractivity contribution < 1.29 is 8.42 Å². The van der Waals surface area contributed by atoms with Crippen LogP contribution in [0, 0.1) is 6.92 Å². The van der Waals surface area contributed by atoms with Crippen molar-refractivity contribution >= 4 is 37.3 Å². The van der Waals surface area contributed by atoms with Gasteiger partial charge >= 0.3 is 0 Å². The van der Waals surface area contributed by atoms with E-state index in [0.717, 1.165) is 5.01 Å². The predicted octanol–water partition coefficient (Wildman–Crippen LogP) is 2.29. The Morgan fingerprint density at radius 3 is 2.50 bits per heavy atom. The number of thiazole rings is 1. The zero-order valence-corrected chi connectivity index (χ0v) is 12.8. The van der Waals surface area contributed by atoms with E-state index in [1.807, 2.05) is 20.8 Å². The SMILES string of the molecule is Cc1ncc(S(=O)(=O)NC(C)(C)C(C)Br)s1. The Labute approximate surface area is 109 Å². The Kier molecular flexibility index (Phi) is 4.15. The fraction of sp³-hybridized carbons (Fsp3) is 0.667. The van der Waals surface area contributed by atoms with E-state index >= 15 is 0 Å². The van der Waals surface area contributed by atoms with Crippen molar-refractivity contribution in [3.8, 4) is 0 Å². The summed E-state index contributed by atoms with van der Waals surface area (Å²) in [6.45, 7) is 7.35. The summed E-state index contributed by atoms with van der Waals surface area (Å²) in [4.78, 5) is 3.98. The summed E-state index contributed by atoms with van der Waals surface area (Å²) in [7, 11) is -3.47. The van der Waals surface area contributed by atoms with E-state index in [4.69, 9.17) is 0 Å². The van der Waals surface area contributed by atoms with Gasteiger partial charge in [-0.3, -0.25) is 0 Å². The number of alkyl halides is 1. The second-order valence-corrected chi connectivity index (χ2v) is 8.66. The van der Waals surface area contributed by atoms with Gasteiger partial charge in [0.25, 0.3) is 10.0 Å². The van der Waals surface area contributed by atoms with Gasteiger partial charge in [0, 0.05) is 10.4 Å². The summed E-state index contributed by atoms with van der Waals surface area (Å²) in [5.41, 5.74) is -0.545. The number of rotatable bonds is 4. The Hall–Kier alpha value is 0.0200. The summed E-state index contributed by atoms with van der Waals surface area (Å²) in [6, 6.07) is 0. The van der Waals surface area contributed by atoms with Gasteiger partial charge < -0.3 is 0 Å². The lowest BCUT2D eigenvalue weighted by atomic mass is 10.0. The van der Waals surface area contributed by atoms with Crippen molar-refractivity contribution in [1.82, 2.24) is 9.71 Å². The Morgan fingerprint density at radius 2 is 2.12 bits per heavy atom. The fourth-order valence-electron chi connectivity index (χ4n) is 0.944. The molecule has 7 heteroatoms. The highest BCUT2D eigenvalue weighted by Gasteiger charge is 2.31. The molecule has 4 nitrogen and oxygen atoms in total. The molecular formula is C9H15BrN2O2S2. The quantitative estimate of drug-likeness (QED) is 0.863. The molecule has 0 aliphatic heterocycles. The highest BCUT2D eigenvalue weighted by Crippen LogP contribution is 2.23. The lowest BCUT2D eigenvalue weighted by Gasteiger charge is -2.28. The second kappa shape index (κ2) is 4.72. The molecule has 16 heavy (non-hydrogen) atoms. The number of halogens is 1. The van der Waals surface area contributed by atoms with Crippen LogP contribution in [0.5, 0.6) is 0 Å². The third-order valence-corrected chi connectivity index (χ3v) is 6.45. The monoisotopic (exact) mass is 326 g/mol. The minimum absolute atomic E-state index is 0.0313. The molecule has 0 amide bonds. The molecule has 1 unspecified atom stereocenters. The predicted molar refractivity (Wildman–Crippen MR) is 69.6 cm³/mol. The first-order chi connectivity index (χ1) is 7.15. The molecule has 0 spiro atoms. The van der Waals surface area contributed by atoms with Crippen LogP contribution in [0.4, 0.5) is 0 Å². The molecule has 0 fully saturated rings. The number of sulfonamides is 1. The molecule has 0 aliphatic rings. The van der Waals surface area contributed by atoms with Crippen LogP contribution in [0.3, 0.4) is 0 Å². The summed E-state index contributed by atoms with van der Waals surface area (Å²) in [5, 5.41) is 0.741. The summed E-state index contributed by atoms with van der Waals surface area (Å²) < 4.78 is 26.9. The van der Waals surface area contributed by atoms with Crippen LogP contribution in [0.15, 0.2) is 10.4 Å². The van der Waals surface area contributed by atoms with Crippen LogP contribution in [0.2, 0.25) is 0 Å². The molecule has 0 bridgehead atoms. The normalized spacial score (nSPS) is 15.1. The van der Waals surface area contributed by atoms with Gasteiger partial charge in [0.05, 0.1) is 11.2 Å². The summed E-state index contributed by atoms with van der Waals surface area (Å²) in [5.74, 6) is 0. The third kappa shape index (κ3) is 3.26. The van der Waals surface area contributed by atoms with Crippen LogP contribution in [0.25, 0.3) is 0 Å². The van der Waals surface area contributed by atoms with Crippen molar-refractivity contribution in [2.75, 3.05) is 0 Å². The summed E-state index contributed by atoms with van der Waals surface area (Å²) >= 11 is 4.56. The summed E-state index contributed by atoms with van der Waals surface area (Å²) in [6.07, 6.45) is 1.39. The van der Waals surface area contributed by atoms with Crippen LogP contribution < -0.4 is 4.72 Å². The van der Waals surface area contributed by atoms with Gasteiger partial charge in [-0.2, -0.15) is 0 Å². The minimum atomic E-state index is -3.47. The van der Waals surface area contributed by atoms with Gasteiger partial charge in [-0.05, 0) is 20.8 Å². The molecule has 0 aliphatic carbocycles. The van der Waals surface area contributed by atoms with Crippen molar-refractivity contribution in [3.05, 3.63) is 11.2 Å². The molecular weight excluding hydrogens is 312 g/mol. The van der Waals surface area contributed by atoms with Crippen LogP contribution >= 0.6 is 27.3 Å². The maximum absolute atomic E-state index is 12.0. The molecule has 0 aromatic carbocycles. The zero-order chi connectivity index (χ0) is 12.6. The Balaban J connectivity index is 2.97. The third-order valence-electron chi connectivity index (χ3n) is 2.26. The minimum Gasteiger partial charge on any atom is -0.249 e. The van der Waals surface area contributed by atoms with Crippen molar-refractivity contribution in [2.45, 2.75) is 42.3 Å². The maximum Gasteiger partial charge on any atom is 0.252 e. The first-order valence-electron chi connectivity index (χ1n) is 4.75. The van der Waals surface area contributed by atoms with Crippen LogP contribution in [-0.4, -0.2) is 23.8 Å². The first kappa shape index (κ1) is 14.1. The van der Waals surface area contributed by atoms with Gasteiger partial charge in [0.1, 0.15) is 0 Å². The molecule has 0 saturated carbocycles. The van der Waals surface area contributed by atoms with Crippen LogP contribution in [0.1, 0.15) is 25.8 Å². The molecule has 0 radical (unpaired) electrons. The molecule has 1 heterocycles. The van der Waals surface area contributed by atoms with Gasteiger partial charge in [-0.25, -0.2) is 18.1 Å². The number of nitrogens with one attached hydrogen (secondary N) is 1.